The third-order valence-corrected chi connectivity index (χ3v) is 4.65. The maximum atomic E-state index is 11.9. The second kappa shape index (κ2) is 5.39. The molecule has 1 atom stereocenters. The van der Waals surface area contributed by atoms with Gasteiger partial charge in [-0.15, -0.1) is 23.2 Å². The van der Waals surface area contributed by atoms with Gasteiger partial charge < -0.3 is 10.1 Å². The molecule has 0 radical (unpaired) electrons. The van der Waals surface area contributed by atoms with Crippen LogP contribution in [0.5, 0.6) is 5.75 Å². The van der Waals surface area contributed by atoms with Gasteiger partial charge in [-0.05, 0) is 25.5 Å². The lowest BCUT2D eigenvalue weighted by Gasteiger charge is -2.13. The summed E-state index contributed by atoms with van der Waals surface area (Å²) in [6.07, 6.45) is 0.473. The van der Waals surface area contributed by atoms with Crippen LogP contribution in [0, 0.1) is 5.41 Å². The van der Waals surface area contributed by atoms with E-state index >= 15 is 0 Å². The van der Waals surface area contributed by atoms with Crippen molar-refractivity contribution >= 4 is 40.7 Å². The Morgan fingerprint density at radius 2 is 2.05 bits per heavy atom. The summed E-state index contributed by atoms with van der Waals surface area (Å²) in [7, 11) is 0. The van der Waals surface area contributed by atoms with Gasteiger partial charge >= 0.3 is 0 Å². The molecule has 3 nitrogen and oxygen atoms in total. The van der Waals surface area contributed by atoms with E-state index in [-0.39, 0.29) is 5.91 Å². The molecular weight excluding hydrogens is 309 g/mol. The number of carbonyl (C=O) groups is 1. The van der Waals surface area contributed by atoms with Crippen LogP contribution in [-0.4, -0.2) is 23.4 Å². The summed E-state index contributed by atoms with van der Waals surface area (Å²) in [6.45, 7) is 2.46. The Bertz CT molecular complexity index is 493. The van der Waals surface area contributed by atoms with E-state index in [0.717, 1.165) is 0 Å². The fourth-order valence-corrected chi connectivity index (χ4v) is 2.63. The van der Waals surface area contributed by atoms with Crippen molar-refractivity contribution < 1.29 is 9.53 Å². The van der Waals surface area contributed by atoms with E-state index in [1.807, 2.05) is 12.1 Å². The molecule has 1 fully saturated rings. The van der Waals surface area contributed by atoms with Gasteiger partial charge in [0, 0.05) is 0 Å². The number of para-hydroxylation sites is 1. The quantitative estimate of drug-likeness (QED) is 0.666. The lowest BCUT2D eigenvalue weighted by Crippen LogP contribution is -2.35. The van der Waals surface area contributed by atoms with Gasteiger partial charge in [-0.25, -0.2) is 0 Å². The van der Waals surface area contributed by atoms with E-state index < -0.39 is 9.75 Å². The standard InChI is InChI=1S/C13H14Cl3NO2/c1-12(8-13(12,15)16)11(18)17-6-7-19-10-5-3-2-4-9(10)14/h2-5H,6-8H2,1H3,(H,17,18)/t12-/m0/s1. The molecule has 104 valence electrons. The van der Waals surface area contributed by atoms with Crippen molar-refractivity contribution in [2.24, 2.45) is 5.41 Å². The monoisotopic (exact) mass is 321 g/mol. The Kier molecular flexibility index (Phi) is 4.19. The molecule has 19 heavy (non-hydrogen) atoms. The lowest BCUT2D eigenvalue weighted by molar-refractivity contribution is -0.125. The molecule has 0 bridgehead atoms. The minimum absolute atomic E-state index is 0.153. The topological polar surface area (TPSA) is 38.3 Å². The SMILES string of the molecule is C[C@@]1(C(=O)NCCOc2ccccc2Cl)CC1(Cl)Cl. The van der Waals surface area contributed by atoms with Crippen molar-refractivity contribution in [1.29, 1.82) is 0 Å². The zero-order valence-corrected chi connectivity index (χ0v) is 12.6. The number of rotatable bonds is 5. The molecule has 0 unspecified atom stereocenters. The molecule has 2 rings (SSSR count). The number of ether oxygens (including phenoxy) is 1. The fourth-order valence-electron chi connectivity index (χ4n) is 1.73. The molecule has 1 saturated carbocycles. The number of hydrogen-bond donors (Lipinski definition) is 1. The molecule has 0 heterocycles. The van der Waals surface area contributed by atoms with Crippen LogP contribution < -0.4 is 10.1 Å². The number of hydrogen-bond acceptors (Lipinski definition) is 2. The predicted octanol–water partition coefficient (Wildman–Crippen LogP) is 3.42. The molecule has 0 aromatic heterocycles. The Morgan fingerprint density at radius 1 is 1.42 bits per heavy atom. The number of nitrogens with one attached hydrogen (secondary N) is 1. The number of amides is 1. The van der Waals surface area contributed by atoms with Gasteiger partial charge in [0.05, 0.1) is 17.0 Å². The van der Waals surface area contributed by atoms with E-state index in [1.165, 1.54) is 0 Å². The summed E-state index contributed by atoms with van der Waals surface area (Å²) in [6, 6.07) is 7.18. The maximum Gasteiger partial charge on any atom is 0.229 e. The number of benzene rings is 1. The molecule has 0 aliphatic heterocycles. The van der Waals surface area contributed by atoms with E-state index in [4.69, 9.17) is 39.5 Å². The van der Waals surface area contributed by atoms with Crippen LogP contribution in [0.1, 0.15) is 13.3 Å². The van der Waals surface area contributed by atoms with Gasteiger partial charge in [0.25, 0.3) is 0 Å². The molecule has 6 heteroatoms. The van der Waals surface area contributed by atoms with Gasteiger partial charge in [-0.2, -0.15) is 0 Å². The number of halogens is 3. The molecular formula is C13H14Cl3NO2. The highest BCUT2D eigenvalue weighted by Gasteiger charge is 2.67. The van der Waals surface area contributed by atoms with Crippen molar-refractivity contribution in [1.82, 2.24) is 5.32 Å². The van der Waals surface area contributed by atoms with Gasteiger partial charge in [0.15, 0.2) is 0 Å². The van der Waals surface area contributed by atoms with Crippen LogP contribution in [0.25, 0.3) is 0 Å². The third kappa shape index (κ3) is 3.10. The average molecular weight is 323 g/mol. The summed E-state index contributed by atoms with van der Waals surface area (Å²) >= 11 is 17.8. The summed E-state index contributed by atoms with van der Waals surface area (Å²) in [5.41, 5.74) is -0.694. The third-order valence-electron chi connectivity index (χ3n) is 3.24. The van der Waals surface area contributed by atoms with E-state index in [0.29, 0.717) is 30.3 Å². The molecule has 0 spiro atoms. The Balaban J connectivity index is 1.74. The van der Waals surface area contributed by atoms with Crippen molar-refractivity contribution in [2.75, 3.05) is 13.2 Å². The molecule has 1 aliphatic rings. The molecule has 0 saturated heterocycles. The lowest BCUT2D eigenvalue weighted by atomic mass is 10.1. The zero-order valence-electron chi connectivity index (χ0n) is 10.4. The van der Waals surface area contributed by atoms with Crippen molar-refractivity contribution in [3.8, 4) is 5.75 Å². The van der Waals surface area contributed by atoms with Crippen LogP contribution in [0.4, 0.5) is 0 Å². The first-order valence-electron chi connectivity index (χ1n) is 5.90. The Labute approximate surface area is 127 Å². The normalized spacial score (nSPS) is 23.8. The van der Waals surface area contributed by atoms with Crippen LogP contribution in [0.2, 0.25) is 5.02 Å². The summed E-state index contributed by atoms with van der Waals surface area (Å²) < 4.78 is 4.52. The first-order chi connectivity index (χ1) is 8.87. The largest absolute Gasteiger partial charge is 0.490 e. The number of alkyl halides is 2. The smallest absolute Gasteiger partial charge is 0.229 e. The van der Waals surface area contributed by atoms with Gasteiger partial charge in [-0.3, -0.25) is 4.79 Å². The number of carbonyl (C=O) groups excluding carboxylic acids is 1. The van der Waals surface area contributed by atoms with E-state index in [2.05, 4.69) is 5.32 Å². The zero-order chi connectivity index (χ0) is 14.1. The first-order valence-corrected chi connectivity index (χ1v) is 7.04. The van der Waals surface area contributed by atoms with E-state index in [9.17, 15) is 4.79 Å². The van der Waals surface area contributed by atoms with Crippen molar-refractivity contribution in [3.63, 3.8) is 0 Å². The van der Waals surface area contributed by atoms with Gasteiger partial charge in [0.1, 0.15) is 16.7 Å². The summed E-state index contributed by atoms with van der Waals surface area (Å²) in [5, 5.41) is 3.30. The highest BCUT2D eigenvalue weighted by atomic mass is 35.5. The molecule has 1 aliphatic carbocycles. The highest BCUT2D eigenvalue weighted by Crippen LogP contribution is 2.63. The summed E-state index contributed by atoms with van der Waals surface area (Å²) in [5.74, 6) is 0.445. The van der Waals surface area contributed by atoms with Crippen LogP contribution in [-0.2, 0) is 4.79 Å². The Hall–Kier alpha value is -0.640. The second-order valence-corrected chi connectivity index (χ2v) is 6.64. The maximum absolute atomic E-state index is 11.9. The van der Waals surface area contributed by atoms with Crippen LogP contribution >= 0.6 is 34.8 Å². The van der Waals surface area contributed by atoms with Gasteiger partial charge in [-0.1, -0.05) is 23.7 Å². The predicted molar refractivity (Wildman–Crippen MR) is 77.1 cm³/mol. The first kappa shape index (κ1) is 14.8. The van der Waals surface area contributed by atoms with Crippen molar-refractivity contribution in [3.05, 3.63) is 29.3 Å². The minimum Gasteiger partial charge on any atom is -0.490 e. The molecule has 1 aromatic rings. The molecule has 1 aromatic carbocycles. The van der Waals surface area contributed by atoms with Crippen LogP contribution in [0.3, 0.4) is 0 Å². The molecule has 1 amide bonds. The highest BCUT2D eigenvalue weighted by molar-refractivity contribution is 6.53. The average Bonchev–Trinajstić information content (AvgIpc) is 2.87. The fraction of sp³-hybridized carbons (Fsp3) is 0.462. The van der Waals surface area contributed by atoms with Crippen LogP contribution in [0.15, 0.2) is 24.3 Å². The van der Waals surface area contributed by atoms with E-state index in [1.54, 1.807) is 19.1 Å². The summed E-state index contributed by atoms with van der Waals surface area (Å²) in [4.78, 5) is 11.9. The second-order valence-electron chi connectivity index (χ2n) is 4.75. The Morgan fingerprint density at radius 3 is 2.63 bits per heavy atom. The van der Waals surface area contributed by atoms with Crippen molar-refractivity contribution in [2.45, 2.75) is 17.7 Å². The van der Waals surface area contributed by atoms with Gasteiger partial charge in [0.2, 0.25) is 5.91 Å². The minimum atomic E-state index is -0.944. The molecule has 1 N–H and O–H groups in total.